The molecule has 1 aromatic rings. The first-order valence-corrected chi connectivity index (χ1v) is 4.53. The number of hydrogen-bond acceptors (Lipinski definition) is 1. The number of hydrogen-bond donors (Lipinski definition) is 1. The van der Waals surface area contributed by atoms with Gasteiger partial charge in [0.15, 0.2) is 0 Å². The first kappa shape index (κ1) is 9.49. The van der Waals surface area contributed by atoms with Gasteiger partial charge in [-0.2, -0.15) is 0 Å². The summed E-state index contributed by atoms with van der Waals surface area (Å²) in [5.74, 6) is 0. The number of rotatable bonds is 3. The van der Waals surface area contributed by atoms with E-state index in [1.54, 1.807) is 0 Å². The Hall–Kier alpha value is -0.600. The lowest BCUT2D eigenvalue weighted by Gasteiger charge is -2.02. The normalized spacial score (nSPS) is 9.83. The lowest BCUT2D eigenvalue weighted by Crippen LogP contribution is -1.93. The second-order valence-electron chi connectivity index (χ2n) is 2.71. The summed E-state index contributed by atoms with van der Waals surface area (Å²) in [7, 11) is 0. The van der Waals surface area contributed by atoms with Crippen LogP contribution in [0.5, 0.6) is 0 Å². The summed E-state index contributed by atoms with van der Waals surface area (Å²) in [5, 5.41) is 8.75. The van der Waals surface area contributed by atoms with Crippen molar-refractivity contribution >= 4 is 15.9 Å². The minimum atomic E-state index is 0.0620. The standard InChI is InChI=1S/C10H11BrO/c1-8(7-12)5-9-3-2-4-10(11)6-9/h2-4,6,12H,1,5,7H2. The van der Waals surface area contributed by atoms with Crippen molar-refractivity contribution in [2.45, 2.75) is 6.42 Å². The number of aliphatic hydroxyl groups excluding tert-OH is 1. The van der Waals surface area contributed by atoms with Crippen LogP contribution in [-0.2, 0) is 6.42 Å². The molecule has 0 fully saturated rings. The van der Waals surface area contributed by atoms with E-state index in [4.69, 9.17) is 5.11 Å². The maximum absolute atomic E-state index is 8.75. The van der Waals surface area contributed by atoms with Crippen LogP contribution in [0.3, 0.4) is 0 Å². The Bertz CT molecular complexity index is 281. The summed E-state index contributed by atoms with van der Waals surface area (Å²) >= 11 is 3.38. The average Bonchev–Trinajstić information content (AvgIpc) is 2.04. The van der Waals surface area contributed by atoms with Gasteiger partial charge in [0.1, 0.15) is 0 Å². The second kappa shape index (κ2) is 4.43. The average molecular weight is 227 g/mol. The number of halogens is 1. The highest BCUT2D eigenvalue weighted by Crippen LogP contribution is 2.13. The van der Waals surface area contributed by atoms with Crippen LogP contribution >= 0.6 is 15.9 Å². The fourth-order valence-corrected chi connectivity index (χ4v) is 1.44. The highest BCUT2D eigenvalue weighted by molar-refractivity contribution is 9.10. The van der Waals surface area contributed by atoms with E-state index in [0.717, 1.165) is 16.5 Å². The third-order valence-corrected chi connectivity index (χ3v) is 2.06. The molecule has 0 aromatic heterocycles. The monoisotopic (exact) mass is 226 g/mol. The van der Waals surface area contributed by atoms with Crippen molar-refractivity contribution in [3.8, 4) is 0 Å². The zero-order valence-electron chi connectivity index (χ0n) is 6.76. The molecule has 64 valence electrons. The smallest absolute Gasteiger partial charge is 0.0642 e. The first-order valence-electron chi connectivity index (χ1n) is 3.74. The molecule has 1 aromatic carbocycles. The molecule has 0 spiro atoms. The van der Waals surface area contributed by atoms with Gasteiger partial charge in [-0.05, 0) is 29.7 Å². The van der Waals surface area contributed by atoms with Crippen molar-refractivity contribution in [1.82, 2.24) is 0 Å². The molecule has 0 aliphatic rings. The molecule has 0 unspecified atom stereocenters. The van der Waals surface area contributed by atoms with E-state index in [9.17, 15) is 0 Å². The van der Waals surface area contributed by atoms with Crippen LogP contribution in [0.1, 0.15) is 5.56 Å². The van der Waals surface area contributed by atoms with Gasteiger partial charge in [-0.25, -0.2) is 0 Å². The molecule has 0 aliphatic heterocycles. The lowest BCUT2D eigenvalue weighted by atomic mass is 10.1. The van der Waals surface area contributed by atoms with Crippen LogP contribution in [0.4, 0.5) is 0 Å². The Labute approximate surface area is 80.9 Å². The van der Waals surface area contributed by atoms with Crippen molar-refractivity contribution in [3.05, 3.63) is 46.5 Å². The van der Waals surface area contributed by atoms with Gasteiger partial charge in [0, 0.05) is 4.47 Å². The zero-order chi connectivity index (χ0) is 8.97. The van der Waals surface area contributed by atoms with E-state index < -0.39 is 0 Å². The molecule has 0 heterocycles. The van der Waals surface area contributed by atoms with Gasteiger partial charge in [-0.3, -0.25) is 0 Å². The Kier molecular flexibility index (Phi) is 3.50. The molecule has 0 atom stereocenters. The van der Waals surface area contributed by atoms with E-state index in [2.05, 4.69) is 22.5 Å². The molecular formula is C10H11BrO. The molecule has 12 heavy (non-hydrogen) atoms. The van der Waals surface area contributed by atoms with Gasteiger partial charge in [-0.15, -0.1) is 0 Å². The van der Waals surface area contributed by atoms with Gasteiger partial charge >= 0.3 is 0 Å². The van der Waals surface area contributed by atoms with Crippen LogP contribution in [0.15, 0.2) is 40.9 Å². The summed E-state index contributed by atoms with van der Waals surface area (Å²) < 4.78 is 1.06. The third-order valence-electron chi connectivity index (χ3n) is 1.57. The molecular weight excluding hydrogens is 216 g/mol. The van der Waals surface area contributed by atoms with Gasteiger partial charge in [0.05, 0.1) is 6.61 Å². The summed E-state index contributed by atoms with van der Waals surface area (Å²) in [6, 6.07) is 8.00. The van der Waals surface area contributed by atoms with Gasteiger partial charge in [0.2, 0.25) is 0 Å². The summed E-state index contributed by atoms with van der Waals surface area (Å²) in [6.07, 6.45) is 0.746. The predicted molar refractivity (Wildman–Crippen MR) is 54.1 cm³/mol. The minimum absolute atomic E-state index is 0.0620. The lowest BCUT2D eigenvalue weighted by molar-refractivity contribution is 0.329. The molecule has 1 N–H and O–H groups in total. The van der Waals surface area contributed by atoms with E-state index in [0.29, 0.717) is 0 Å². The molecule has 0 saturated carbocycles. The zero-order valence-corrected chi connectivity index (χ0v) is 8.34. The highest BCUT2D eigenvalue weighted by atomic mass is 79.9. The Morgan fingerprint density at radius 2 is 2.25 bits per heavy atom. The van der Waals surface area contributed by atoms with Gasteiger partial charge < -0.3 is 5.11 Å². The first-order chi connectivity index (χ1) is 5.72. The third kappa shape index (κ3) is 2.80. The molecule has 0 saturated heterocycles. The highest BCUT2D eigenvalue weighted by Gasteiger charge is 1.96. The fourth-order valence-electron chi connectivity index (χ4n) is 0.992. The molecule has 0 radical (unpaired) electrons. The summed E-state index contributed by atoms with van der Waals surface area (Å²) in [6.45, 7) is 3.79. The molecule has 0 aliphatic carbocycles. The maximum atomic E-state index is 8.75. The maximum Gasteiger partial charge on any atom is 0.0642 e. The fraction of sp³-hybridized carbons (Fsp3) is 0.200. The minimum Gasteiger partial charge on any atom is -0.392 e. The van der Waals surface area contributed by atoms with Crippen LogP contribution in [0.25, 0.3) is 0 Å². The van der Waals surface area contributed by atoms with Crippen molar-refractivity contribution in [1.29, 1.82) is 0 Å². The molecule has 2 heteroatoms. The summed E-state index contributed by atoms with van der Waals surface area (Å²) in [5.41, 5.74) is 2.01. The van der Waals surface area contributed by atoms with Gasteiger partial charge in [0.25, 0.3) is 0 Å². The molecule has 1 nitrogen and oxygen atoms in total. The largest absolute Gasteiger partial charge is 0.392 e. The Balaban J connectivity index is 2.69. The van der Waals surface area contributed by atoms with E-state index in [-0.39, 0.29) is 6.61 Å². The van der Waals surface area contributed by atoms with E-state index >= 15 is 0 Å². The van der Waals surface area contributed by atoms with E-state index in [1.165, 1.54) is 5.56 Å². The SMILES string of the molecule is C=C(CO)Cc1cccc(Br)c1. The van der Waals surface area contributed by atoms with Crippen molar-refractivity contribution in [3.63, 3.8) is 0 Å². The van der Waals surface area contributed by atoms with Crippen LogP contribution in [0, 0.1) is 0 Å². The second-order valence-corrected chi connectivity index (χ2v) is 3.63. The van der Waals surface area contributed by atoms with E-state index in [1.807, 2.05) is 24.3 Å². The predicted octanol–water partition coefficient (Wildman–Crippen LogP) is 2.54. The molecule has 0 amide bonds. The topological polar surface area (TPSA) is 20.2 Å². The number of aliphatic hydroxyl groups is 1. The van der Waals surface area contributed by atoms with Crippen LogP contribution < -0.4 is 0 Å². The van der Waals surface area contributed by atoms with Crippen molar-refractivity contribution in [2.75, 3.05) is 6.61 Å². The molecule has 0 bridgehead atoms. The van der Waals surface area contributed by atoms with Crippen molar-refractivity contribution < 1.29 is 5.11 Å². The molecule has 1 rings (SSSR count). The van der Waals surface area contributed by atoms with Gasteiger partial charge in [-0.1, -0.05) is 34.6 Å². The van der Waals surface area contributed by atoms with Crippen LogP contribution in [0.2, 0.25) is 0 Å². The number of benzene rings is 1. The van der Waals surface area contributed by atoms with Crippen LogP contribution in [-0.4, -0.2) is 11.7 Å². The van der Waals surface area contributed by atoms with Crippen molar-refractivity contribution in [2.24, 2.45) is 0 Å². The summed E-state index contributed by atoms with van der Waals surface area (Å²) in [4.78, 5) is 0. The Morgan fingerprint density at radius 3 is 2.83 bits per heavy atom. The Morgan fingerprint density at radius 1 is 1.50 bits per heavy atom. The quantitative estimate of drug-likeness (QED) is 0.786.